The number of ether oxygens (including phenoxy) is 1. The van der Waals surface area contributed by atoms with E-state index in [4.69, 9.17) is 19.8 Å². The lowest BCUT2D eigenvalue weighted by molar-refractivity contribution is 0.00578. The summed E-state index contributed by atoms with van der Waals surface area (Å²) in [6.07, 6.45) is 3.08. The predicted molar refractivity (Wildman–Crippen MR) is 146 cm³/mol. The van der Waals surface area contributed by atoms with Crippen molar-refractivity contribution in [3.63, 3.8) is 0 Å². The molecule has 0 atom stereocenters. The summed E-state index contributed by atoms with van der Waals surface area (Å²) in [5, 5.41) is 2.88. The Bertz CT molecular complexity index is 1280. The van der Waals surface area contributed by atoms with Crippen LogP contribution in [0.5, 0.6) is 0 Å². The number of amides is 1. The number of rotatable bonds is 6. The number of aromatic nitrogens is 1. The van der Waals surface area contributed by atoms with E-state index >= 15 is 0 Å². The monoisotopic (exact) mass is 497 g/mol. The Hall–Kier alpha value is -3.62. The molecule has 0 bridgehead atoms. The van der Waals surface area contributed by atoms with Gasteiger partial charge in [-0.2, -0.15) is 0 Å². The van der Waals surface area contributed by atoms with Crippen molar-refractivity contribution < 1.29 is 18.8 Å². The molecule has 0 spiro atoms. The minimum absolute atomic E-state index is 0.00267. The smallest absolute Gasteiger partial charge is 0.449 e. The van der Waals surface area contributed by atoms with E-state index < -0.39 is 24.4 Å². The lowest BCUT2D eigenvalue weighted by Crippen LogP contribution is -2.41. The molecule has 1 aliphatic carbocycles. The van der Waals surface area contributed by atoms with Crippen LogP contribution in [0, 0.1) is 0 Å². The molecule has 1 aromatic heterocycles. The maximum atomic E-state index is 12.8. The average Bonchev–Trinajstić information content (AvgIpc) is 3.30. The summed E-state index contributed by atoms with van der Waals surface area (Å²) in [4.78, 5) is 17.0. The normalized spacial score (nSPS) is 17.8. The molecule has 8 heteroatoms. The van der Waals surface area contributed by atoms with Gasteiger partial charge in [-0.25, -0.2) is 9.78 Å². The third-order valence-corrected chi connectivity index (χ3v) is 7.50. The van der Waals surface area contributed by atoms with Gasteiger partial charge in [0, 0.05) is 18.7 Å². The maximum absolute atomic E-state index is 12.8. The molecule has 2 aliphatic rings. The van der Waals surface area contributed by atoms with E-state index in [9.17, 15) is 4.79 Å². The summed E-state index contributed by atoms with van der Waals surface area (Å²) in [5.41, 5.74) is 11.0. The first-order valence-electron chi connectivity index (χ1n) is 12.5. The summed E-state index contributed by atoms with van der Waals surface area (Å²) in [5.74, 6) is 0.434. The van der Waals surface area contributed by atoms with Gasteiger partial charge in [0.05, 0.1) is 11.2 Å². The number of carbonyl (C=O) groups is 1. The standard InChI is InChI=1S/C29H32BN3O4/c1-28(2)29(3,4)37-30(36-28)20(15-19-13-14-26(31)32-16-19)17-33-27(34)35-18-25-23-11-7-5-9-21(23)22-10-6-8-12-24(22)25/h5-16,25H,17-18H2,1-4H3,(H2,31,32)(H,33,34). The van der Waals surface area contributed by atoms with E-state index in [0.29, 0.717) is 5.82 Å². The Morgan fingerprint density at radius 3 is 2.16 bits per heavy atom. The molecule has 0 unspecified atom stereocenters. The molecule has 3 N–H and O–H groups in total. The highest BCUT2D eigenvalue weighted by atomic mass is 16.7. The number of pyridine rings is 1. The van der Waals surface area contributed by atoms with Crippen molar-refractivity contribution in [2.45, 2.75) is 44.8 Å². The number of carbonyl (C=O) groups excluding carboxylic acids is 1. The second-order valence-corrected chi connectivity index (χ2v) is 10.5. The van der Waals surface area contributed by atoms with Crippen molar-refractivity contribution in [3.05, 3.63) is 89.0 Å². The molecular weight excluding hydrogens is 465 g/mol. The summed E-state index contributed by atoms with van der Waals surface area (Å²) < 4.78 is 18.2. The zero-order valence-electron chi connectivity index (χ0n) is 21.7. The number of benzene rings is 2. The van der Waals surface area contributed by atoms with Crippen molar-refractivity contribution >= 4 is 25.1 Å². The van der Waals surface area contributed by atoms with Crippen LogP contribution in [0.25, 0.3) is 17.2 Å². The quantitative estimate of drug-likeness (QED) is 0.454. The highest BCUT2D eigenvalue weighted by molar-refractivity contribution is 6.56. The third kappa shape index (κ3) is 4.99. The van der Waals surface area contributed by atoms with Crippen molar-refractivity contribution in [3.8, 4) is 11.1 Å². The van der Waals surface area contributed by atoms with Crippen molar-refractivity contribution in [1.29, 1.82) is 0 Å². The van der Waals surface area contributed by atoms with Gasteiger partial charge in [-0.15, -0.1) is 0 Å². The number of fused-ring (bicyclic) bond motifs is 3. The predicted octanol–water partition coefficient (Wildman–Crippen LogP) is 5.22. The SMILES string of the molecule is CC1(C)OB(C(=Cc2ccc(N)nc2)CNC(=O)OCC2c3ccccc3-c3ccccc32)OC1(C)C. The number of hydrogen-bond acceptors (Lipinski definition) is 6. The van der Waals surface area contributed by atoms with Crippen molar-refractivity contribution in [2.24, 2.45) is 0 Å². The van der Waals surface area contributed by atoms with Crippen LogP contribution in [0.15, 0.2) is 72.3 Å². The van der Waals surface area contributed by atoms with E-state index in [1.165, 1.54) is 22.3 Å². The van der Waals surface area contributed by atoms with Crippen LogP contribution in [-0.4, -0.2) is 42.5 Å². The number of hydrogen-bond donors (Lipinski definition) is 2. The van der Waals surface area contributed by atoms with Crippen LogP contribution >= 0.6 is 0 Å². The van der Waals surface area contributed by atoms with Crippen LogP contribution in [-0.2, 0) is 14.0 Å². The molecule has 5 rings (SSSR count). The Morgan fingerprint density at radius 2 is 1.59 bits per heavy atom. The highest BCUT2D eigenvalue weighted by Crippen LogP contribution is 2.44. The molecule has 1 aliphatic heterocycles. The highest BCUT2D eigenvalue weighted by Gasteiger charge is 2.52. The number of nitrogens with two attached hydrogens (primary N) is 1. The number of alkyl carbamates (subject to hydrolysis) is 1. The second-order valence-electron chi connectivity index (χ2n) is 10.5. The van der Waals surface area contributed by atoms with Gasteiger partial charge >= 0.3 is 13.2 Å². The van der Waals surface area contributed by atoms with Crippen LogP contribution in [0.1, 0.15) is 50.3 Å². The summed E-state index contributed by atoms with van der Waals surface area (Å²) in [7, 11) is -0.628. The first-order valence-corrected chi connectivity index (χ1v) is 12.5. The molecule has 0 saturated carbocycles. The van der Waals surface area contributed by atoms with Gasteiger partial charge in [0.2, 0.25) is 0 Å². The van der Waals surface area contributed by atoms with Crippen LogP contribution < -0.4 is 11.1 Å². The fraction of sp³-hybridized carbons (Fsp3) is 0.310. The Balaban J connectivity index is 1.29. The molecule has 37 heavy (non-hydrogen) atoms. The summed E-state index contributed by atoms with van der Waals surface area (Å²) in [6, 6.07) is 20.1. The molecule has 0 radical (unpaired) electrons. The fourth-order valence-electron chi connectivity index (χ4n) is 4.74. The topological polar surface area (TPSA) is 95.7 Å². The van der Waals surface area contributed by atoms with Gasteiger partial charge in [0.25, 0.3) is 0 Å². The first-order chi connectivity index (χ1) is 17.6. The third-order valence-electron chi connectivity index (χ3n) is 7.50. The van der Waals surface area contributed by atoms with Crippen molar-refractivity contribution in [2.75, 3.05) is 18.9 Å². The van der Waals surface area contributed by atoms with Gasteiger partial charge < -0.3 is 25.1 Å². The van der Waals surface area contributed by atoms with E-state index in [2.05, 4.69) is 34.6 Å². The molecule has 3 aromatic rings. The lowest BCUT2D eigenvalue weighted by atomic mass is 9.77. The molecule has 1 saturated heterocycles. The molecule has 1 fully saturated rings. The van der Waals surface area contributed by atoms with Gasteiger partial charge in [-0.3, -0.25) is 0 Å². The largest absolute Gasteiger partial charge is 0.492 e. The Labute approximate surface area is 218 Å². The Kier molecular flexibility index (Phi) is 6.56. The number of anilines is 1. The van der Waals surface area contributed by atoms with Crippen molar-refractivity contribution in [1.82, 2.24) is 10.3 Å². The molecule has 190 valence electrons. The minimum Gasteiger partial charge on any atom is -0.449 e. The number of nitrogens with zero attached hydrogens (tertiary/aromatic N) is 1. The molecule has 1 amide bonds. The number of nitrogen functional groups attached to an aromatic ring is 1. The van der Waals surface area contributed by atoms with E-state index in [0.717, 1.165) is 11.0 Å². The van der Waals surface area contributed by atoms with E-state index in [1.807, 2.05) is 64.1 Å². The minimum atomic E-state index is -0.628. The molecule has 2 heterocycles. The average molecular weight is 497 g/mol. The fourth-order valence-corrected chi connectivity index (χ4v) is 4.74. The second kappa shape index (κ2) is 9.69. The summed E-state index contributed by atoms with van der Waals surface area (Å²) in [6.45, 7) is 8.42. The van der Waals surface area contributed by atoms with E-state index in [1.54, 1.807) is 12.3 Å². The first kappa shape index (κ1) is 25.1. The van der Waals surface area contributed by atoms with Gasteiger partial charge in [-0.05, 0) is 73.1 Å². The zero-order chi connectivity index (χ0) is 26.2. The summed E-state index contributed by atoms with van der Waals surface area (Å²) >= 11 is 0. The molecular formula is C29H32BN3O4. The van der Waals surface area contributed by atoms with Gasteiger partial charge in [-0.1, -0.05) is 54.6 Å². The van der Waals surface area contributed by atoms with Crippen LogP contribution in [0.4, 0.5) is 10.6 Å². The lowest BCUT2D eigenvalue weighted by Gasteiger charge is -2.32. The van der Waals surface area contributed by atoms with Gasteiger partial charge in [0.15, 0.2) is 0 Å². The van der Waals surface area contributed by atoms with Crippen LogP contribution in [0.3, 0.4) is 0 Å². The maximum Gasteiger partial charge on any atom is 0.492 e. The number of nitrogens with one attached hydrogen (secondary N) is 1. The Morgan fingerprint density at radius 1 is 1.00 bits per heavy atom. The van der Waals surface area contributed by atoms with E-state index in [-0.39, 0.29) is 19.1 Å². The molecule has 2 aromatic carbocycles. The zero-order valence-corrected chi connectivity index (χ0v) is 21.7. The van der Waals surface area contributed by atoms with Gasteiger partial charge in [0.1, 0.15) is 12.4 Å². The molecule has 7 nitrogen and oxygen atoms in total. The van der Waals surface area contributed by atoms with Crippen LogP contribution in [0.2, 0.25) is 0 Å².